The van der Waals surface area contributed by atoms with Crippen LogP contribution < -0.4 is 16.8 Å². The molecule has 1 unspecified atom stereocenters. The second kappa shape index (κ2) is 16.9. The number of unbranched alkanes of at least 4 members (excludes halogenated alkanes) is 10. The van der Waals surface area contributed by atoms with Crippen molar-refractivity contribution in [3.05, 3.63) is 0 Å². The van der Waals surface area contributed by atoms with Crippen molar-refractivity contribution in [2.24, 2.45) is 11.5 Å². The lowest BCUT2D eigenvalue weighted by Gasteiger charge is -2.13. The lowest BCUT2D eigenvalue weighted by molar-refractivity contribution is 0.452. The molecule has 0 bridgehead atoms. The quantitative estimate of drug-likeness (QED) is 0.297. The maximum Gasteiger partial charge on any atom is 0.0546 e. The molecule has 0 aromatic heterocycles. The summed E-state index contributed by atoms with van der Waals surface area (Å²) in [7, 11) is 0. The van der Waals surface area contributed by atoms with Crippen molar-refractivity contribution in [3.8, 4) is 0 Å². The molecule has 0 aromatic rings. The third-order valence-electron chi connectivity index (χ3n) is 3.91. The number of hydrogen-bond donors (Lipinski definition) is 3. The van der Waals surface area contributed by atoms with Gasteiger partial charge in [-0.25, -0.2) is 0 Å². The Morgan fingerprint density at radius 2 is 1.30 bits per heavy atom. The molecule has 3 heteroatoms. The average molecular weight is 286 g/mol. The van der Waals surface area contributed by atoms with E-state index < -0.39 is 0 Å². The maximum atomic E-state index is 6.07. The normalized spacial score (nSPS) is 12.8. The Labute approximate surface area is 127 Å². The minimum atomic E-state index is 0.207. The minimum Gasteiger partial charge on any atom is -0.330 e. The van der Waals surface area contributed by atoms with Crippen LogP contribution in [0.3, 0.4) is 0 Å². The summed E-state index contributed by atoms with van der Waals surface area (Å²) >= 11 is 0. The van der Waals surface area contributed by atoms with Gasteiger partial charge in [0.05, 0.1) is 6.17 Å². The van der Waals surface area contributed by atoms with Crippen LogP contribution in [0, 0.1) is 0 Å². The van der Waals surface area contributed by atoms with Crippen molar-refractivity contribution >= 4 is 0 Å². The van der Waals surface area contributed by atoms with Gasteiger partial charge in [0.15, 0.2) is 0 Å². The first-order valence-electron chi connectivity index (χ1n) is 9.00. The van der Waals surface area contributed by atoms with Crippen LogP contribution in [0.1, 0.15) is 90.4 Å². The van der Waals surface area contributed by atoms with Crippen LogP contribution in [-0.2, 0) is 0 Å². The van der Waals surface area contributed by atoms with Crippen LogP contribution in [0.15, 0.2) is 0 Å². The zero-order valence-electron chi connectivity index (χ0n) is 13.8. The Morgan fingerprint density at radius 1 is 0.750 bits per heavy atom. The number of hydrogen-bond acceptors (Lipinski definition) is 3. The Bertz CT molecular complexity index is 174. The van der Waals surface area contributed by atoms with Gasteiger partial charge in [-0.1, -0.05) is 71.1 Å². The van der Waals surface area contributed by atoms with E-state index in [1.165, 1.54) is 77.0 Å². The molecule has 0 fully saturated rings. The third kappa shape index (κ3) is 15.9. The van der Waals surface area contributed by atoms with Crippen molar-refractivity contribution in [2.75, 3.05) is 13.1 Å². The zero-order chi connectivity index (χ0) is 14.9. The molecule has 20 heavy (non-hydrogen) atoms. The lowest BCUT2D eigenvalue weighted by Crippen LogP contribution is -2.37. The number of nitrogens with two attached hydrogens (primary N) is 2. The molecule has 0 spiro atoms. The second-order valence-electron chi connectivity index (χ2n) is 6.03. The molecule has 0 saturated carbocycles. The standard InChI is InChI=1S/C17H39N3/c1-2-3-4-10-13-16-20-17(19)14-11-8-6-5-7-9-12-15-18/h17,20H,2-16,18-19H2,1H3. The number of rotatable bonds is 16. The van der Waals surface area contributed by atoms with Crippen LogP contribution in [0.5, 0.6) is 0 Å². The third-order valence-corrected chi connectivity index (χ3v) is 3.91. The van der Waals surface area contributed by atoms with Gasteiger partial charge in [0.2, 0.25) is 0 Å². The van der Waals surface area contributed by atoms with E-state index in [4.69, 9.17) is 11.5 Å². The van der Waals surface area contributed by atoms with E-state index in [0.29, 0.717) is 0 Å². The molecule has 0 amide bonds. The first-order chi connectivity index (χ1) is 9.81. The van der Waals surface area contributed by atoms with E-state index in [0.717, 1.165) is 19.5 Å². The first kappa shape index (κ1) is 19.9. The van der Waals surface area contributed by atoms with E-state index in [1.807, 2.05) is 0 Å². The fourth-order valence-corrected chi connectivity index (χ4v) is 2.51. The molecular formula is C17H39N3. The summed E-state index contributed by atoms with van der Waals surface area (Å²) < 4.78 is 0. The molecule has 5 N–H and O–H groups in total. The summed E-state index contributed by atoms with van der Waals surface area (Å²) in [5.74, 6) is 0. The molecule has 0 heterocycles. The van der Waals surface area contributed by atoms with E-state index in [-0.39, 0.29) is 6.17 Å². The highest BCUT2D eigenvalue weighted by Crippen LogP contribution is 2.08. The molecule has 0 saturated heterocycles. The first-order valence-corrected chi connectivity index (χ1v) is 9.00. The Balaban J connectivity index is 3.10. The number of nitrogens with one attached hydrogen (secondary N) is 1. The fraction of sp³-hybridized carbons (Fsp3) is 1.00. The summed E-state index contributed by atoms with van der Waals surface area (Å²) in [4.78, 5) is 0. The maximum absolute atomic E-state index is 6.07. The summed E-state index contributed by atoms with van der Waals surface area (Å²) in [6.45, 7) is 4.19. The van der Waals surface area contributed by atoms with Gasteiger partial charge in [0, 0.05) is 0 Å². The molecule has 0 aliphatic heterocycles. The molecule has 3 nitrogen and oxygen atoms in total. The average Bonchev–Trinajstić information content (AvgIpc) is 2.45. The molecule has 1 atom stereocenters. The van der Waals surface area contributed by atoms with Crippen molar-refractivity contribution in [3.63, 3.8) is 0 Å². The van der Waals surface area contributed by atoms with Crippen molar-refractivity contribution in [1.82, 2.24) is 5.32 Å². The van der Waals surface area contributed by atoms with Crippen LogP contribution in [-0.4, -0.2) is 19.3 Å². The zero-order valence-corrected chi connectivity index (χ0v) is 13.8. The fourth-order valence-electron chi connectivity index (χ4n) is 2.51. The van der Waals surface area contributed by atoms with Gasteiger partial charge in [-0.3, -0.25) is 0 Å². The van der Waals surface area contributed by atoms with E-state index >= 15 is 0 Å². The van der Waals surface area contributed by atoms with E-state index in [9.17, 15) is 0 Å². The highest BCUT2D eigenvalue weighted by atomic mass is 15.0. The van der Waals surface area contributed by atoms with Gasteiger partial charge in [-0.2, -0.15) is 0 Å². The van der Waals surface area contributed by atoms with Crippen molar-refractivity contribution in [2.45, 2.75) is 96.6 Å². The summed E-state index contributed by atoms with van der Waals surface area (Å²) in [6.07, 6.45) is 17.2. The summed E-state index contributed by atoms with van der Waals surface area (Å²) in [5, 5.41) is 3.44. The molecular weight excluding hydrogens is 246 g/mol. The van der Waals surface area contributed by atoms with Crippen LogP contribution in [0.25, 0.3) is 0 Å². The smallest absolute Gasteiger partial charge is 0.0546 e. The van der Waals surface area contributed by atoms with Gasteiger partial charge in [0.25, 0.3) is 0 Å². The minimum absolute atomic E-state index is 0.207. The van der Waals surface area contributed by atoms with Gasteiger partial charge >= 0.3 is 0 Å². The molecule has 0 aliphatic rings. The van der Waals surface area contributed by atoms with Crippen molar-refractivity contribution in [1.29, 1.82) is 0 Å². The Morgan fingerprint density at radius 3 is 1.95 bits per heavy atom. The van der Waals surface area contributed by atoms with Gasteiger partial charge in [-0.15, -0.1) is 0 Å². The Hall–Kier alpha value is -0.120. The Kier molecular flexibility index (Phi) is 16.8. The van der Waals surface area contributed by atoms with Crippen molar-refractivity contribution < 1.29 is 0 Å². The monoisotopic (exact) mass is 285 g/mol. The highest BCUT2D eigenvalue weighted by molar-refractivity contribution is 4.59. The molecule has 0 aromatic carbocycles. The van der Waals surface area contributed by atoms with Gasteiger partial charge in [0.1, 0.15) is 0 Å². The summed E-state index contributed by atoms with van der Waals surface area (Å²) in [5.41, 5.74) is 11.5. The van der Waals surface area contributed by atoms with Gasteiger partial charge in [-0.05, 0) is 32.4 Å². The van der Waals surface area contributed by atoms with Gasteiger partial charge < -0.3 is 16.8 Å². The molecule has 122 valence electrons. The predicted octanol–water partition coefficient (Wildman–Crippen LogP) is 3.91. The molecule has 0 aliphatic carbocycles. The van der Waals surface area contributed by atoms with Crippen LogP contribution in [0.4, 0.5) is 0 Å². The predicted molar refractivity (Wildman–Crippen MR) is 90.7 cm³/mol. The lowest BCUT2D eigenvalue weighted by atomic mass is 10.1. The SMILES string of the molecule is CCCCCCCNC(N)CCCCCCCCCN. The van der Waals surface area contributed by atoms with Crippen LogP contribution in [0.2, 0.25) is 0 Å². The topological polar surface area (TPSA) is 64.1 Å². The largest absolute Gasteiger partial charge is 0.330 e. The summed E-state index contributed by atoms with van der Waals surface area (Å²) in [6, 6.07) is 0. The van der Waals surface area contributed by atoms with E-state index in [2.05, 4.69) is 12.2 Å². The second-order valence-corrected chi connectivity index (χ2v) is 6.03. The highest BCUT2D eigenvalue weighted by Gasteiger charge is 2.00. The van der Waals surface area contributed by atoms with E-state index in [1.54, 1.807) is 0 Å². The van der Waals surface area contributed by atoms with Crippen LogP contribution >= 0.6 is 0 Å². The molecule has 0 rings (SSSR count). The molecule has 0 radical (unpaired) electrons.